The number of nitrogens with one attached hydrogen (secondary N) is 1. The Morgan fingerprint density at radius 1 is 1.17 bits per heavy atom. The lowest BCUT2D eigenvalue weighted by Crippen LogP contribution is -2.41. The van der Waals surface area contributed by atoms with Gasteiger partial charge in [0.1, 0.15) is 5.01 Å². The van der Waals surface area contributed by atoms with Crippen LogP contribution in [0.25, 0.3) is 0 Å². The predicted octanol–water partition coefficient (Wildman–Crippen LogP) is 2.97. The van der Waals surface area contributed by atoms with Gasteiger partial charge in [0, 0.05) is 31.6 Å². The lowest BCUT2D eigenvalue weighted by Gasteiger charge is -2.25. The first-order valence-corrected chi connectivity index (χ1v) is 10.1. The van der Waals surface area contributed by atoms with Crippen molar-refractivity contribution in [2.75, 3.05) is 25.5 Å². The molecule has 0 unspecified atom stereocenters. The largest absolute Gasteiger partial charge is 0.323 e. The Morgan fingerprint density at radius 3 is 2.79 bits per heavy atom. The smallest absolute Gasteiger partial charge is 0.323 e. The number of aromatic nitrogens is 2. The average molecular weight is 350 g/mol. The highest BCUT2D eigenvalue weighted by Crippen LogP contribution is 2.30. The fourth-order valence-electron chi connectivity index (χ4n) is 4.51. The van der Waals surface area contributed by atoms with Crippen LogP contribution in [0.4, 0.5) is 9.93 Å². The van der Waals surface area contributed by atoms with Gasteiger partial charge >= 0.3 is 6.03 Å². The number of anilines is 1. The summed E-state index contributed by atoms with van der Waals surface area (Å²) in [6, 6.07) is 1.14. The quantitative estimate of drug-likeness (QED) is 0.911. The molecule has 3 heterocycles. The molecule has 0 spiro atoms. The Kier molecular flexibility index (Phi) is 4.72. The molecule has 4 rings (SSSR count). The first-order chi connectivity index (χ1) is 11.7. The van der Waals surface area contributed by atoms with Gasteiger partial charge in [0.15, 0.2) is 0 Å². The second kappa shape index (κ2) is 6.96. The first-order valence-electron chi connectivity index (χ1n) is 9.29. The van der Waals surface area contributed by atoms with E-state index >= 15 is 0 Å². The molecule has 132 valence electrons. The molecule has 24 heavy (non-hydrogen) atoms. The number of likely N-dealkylation sites (tertiary alicyclic amines) is 1. The van der Waals surface area contributed by atoms with Crippen molar-refractivity contribution in [2.45, 2.75) is 63.5 Å². The summed E-state index contributed by atoms with van der Waals surface area (Å²) >= 11 is 1.54. The average Bonchev–Trinajstić information content (AvgIpc) is 3.24. The standard InChI is InChI=1S/C17H27N5OS/c1-21-13-6-7-14(21)11-22(9-8-13)17(23)18-16-20-19-15(24-16)10-12-4-2-3-5-12/h12-14H,2-11H2,1H3,(H,18,20,23)/t13-,14+/m0/s1. The molecule has 2 amide bonds. The van der Waals surface area contributed by atoms with Gasteiger partial charge in [-0.3, -0.25) is 10.2 Å². The highest BCUT2D eigenvalue weighted by molar-refractivity contribution is 7.15. The Labute approximate surface area is 147 Å². The lowest BCUT2D eigenvalue weighted by atomic mass is 10.1. The maximum absolute atomic E-state index is 12.6. The van der Waals surface area contributed by atoms with E-state index in [9.17, 15) is 4.79 Å². The molecule has 6 nitrogen and oxygen atoms in total. The molecule has 1 aliphatic carbocycles. The molecule has 1 aromatic rings. The van der Waals surface area contributed by atoms with Gasteiger partial charge in [-0.1, -0.05) is 37.0 Å². The Balaban J connectivity index is 1.33. The number of fused-ring (bicyclic) bond motifs is 2. The van der Waals surface area contributed by atoms with Crippen molar-refractivity contribution in [3.63, 3.8) is 0 Å². The van der Waals surface area contributed by atoms with Crippen LogP contribution in [0, 0.1) is 5.92 Å². The highest BCUT2D eigenvalue weighted by atomic mass is 32.1. The van der Waals surface area contributed by atoms with Crippen LogP contribution in [-0.2, 0) is 6.42 Å². The Morgan fingerprint density at radius 2 is 1.96 bits per heavy atom. The monoisotopic (exact) mass is 349 g/mol. The SMILES string of the molecule is CN1[C@H]2CC[C@@H]1CN(C(=O)Nc1nnc(CC3CCCC3)s1)CC2. The summed E-state index contributed by atoms with van der Waals surface area (Å²) in [6.45, 7) is 1.66. The molecule has 7 heteroatoms. The summed E-state index contributed by atoms with van der Waals surface area (Å²) in [7, 11) is 2.20. The maximum Gasteiger partial charge on any atom is 0.323 e. The molecule has 0 aromatic carbocycles. The molecule has 0 radical (unpaired) electrons. The lowest BCUT2D eigenvalue weighted by molar-refractivity contribution is 0.200. The Bertz CT molecular complexity index is 585. The van der Waals surface area contributed by atoms with E-state index in [1.54, 1.807) is 11.3 Å². The minimum Gasteiger partial charge on any atom is -0.323 e. The molecule has 1 N–H and O–H groups in total. The van der Waals surface area contributed by atoms with Gasteiger partial charge in [0.2, 0.25) is 5.13 Å². The number of urea groups is 1. The topological polar surface area (TPSA) is 61.4 Å². The highest BCUT2D eigenvalue weighted by Gasteiger charge is 2.36. The third-order valence-electron chi connectivity index (χ3n) is 6.05. The van der Waals surface area contributed by atoms with Gasteiger partial charge in [-0.2, -0.15) is 0 Å². The normalized spacial score (nSPS) is 28.3. The van der Waals surface area contributed by atoms with E-state index in [2.05, 4.69) is 27.5 Å². The van der Waals surface area contributed by atoms with Crippen molar-refractivity contribution in [1.29, 1.82) is 0 Å². The molecular formula is C17H27N5OS. The fraction of sp³-hybridized carbons (Fsp3) is 0.824. The number of amides is 2. The Hall–Kier alpha value is -1.21. The number of hydrogen-bond acceptors (Lipinski definition) is 5. The molecule has 3 aliphatic rings. The van der Waals surface area contributed by atoms with E-state index in [0.29, 0.717) is 17.2 Å². The second-order valence-electron chi connectivity index (χ2n) is 7.57. The number of hydrogen-bond donors (Lipinski definition) is 1. The van der Waals surface area contributed by atoms with Gasteiger partial charge in [-0.25, -0.2) is 4.79 Å². The molecule has 2 atom stereocenters. The molecule has 1 aromatic heterocycles. The summed E-state index contributed by atoms with van der Waals surface area (Å²) < 4.78 is 0. The van der Waals surface area contributed by atoms with Crippen molar-refractivity contribution >= 4 is 22.5 Å². The second-order valence-corrected chi connectivity index (χ2v) is 8.63. The van der Waals surface area contributed by atoms with Gasteiger partial charge in [-0.05, 0) is 32.2 Å². The predicted molar refractivity (Wildman–Crippen MR) is 95.4 cm³/mol. The van der Waals surface area contributed by atoms with Crippen LogP contribution in [0.3, 0.4) is 0 Å². The van der Waals surface area contributed by atoms with E-state index in [-0.39, 0.29) is 6.03 Å². The molecule has 1 saturated carbocycles. The van der Waals surface area contributed by atoms with Crippen molar-refractivity contribution in [3.05, 3.63) is 5.01 Å². The summed E-state index contributed by atoms with van der Waals surface area (Å²) in [5, 5.41) is 13.1. The van der Waals surface area contributed by atoms with E-state index in [4.69, 9.17) is 0 Å². The zero-order valence-electron chi connectivity index (χ0n) is 14.4. The minimum absolute atomic E-state index is 0.0143. The molecule has 3 fully saturated rings. The van der Waals surface area contributed by atoms with E-state index in [1.807, 2.05) is 4.90 Å². The zero-order chi connectivity index (χ0) is 16.5. The summed E-state index contributed by atoms with van der Waals surface area (Å²) in [4.78, 5) is 17.0. The third kappa shape index (κ3) is 3.42. The molecule has 2 saturated heterocycles. The maximum atomic E-state index is 12.6. The van der Waals surface area contributed by atoms with Crippen LogP contribution in [-0.4, -0.2) is 58.2 Å². The van der Waals surface area contributed by atoms with E-state index < -0.39 is 0 Å². The third-order valence-corrected chi connectivity index (χ3v) is 6.92. The van der Waals surface area contributed by atoms with Crippen LogP contribution < -0.4 is 5.32 Å². The number of carbonyl (C=O) groups excluding carboxylic acids is 1. The minimum atomic E-state index is -0.0143. The van der Waals surface area contributed by atoms with Gasteiger partial charge in [0.05, 0.1) is 0 Å². The molecular weight excluding hydrogens is 322 g/mol. The fourth-order valence-corrected chi connectivity index (χ4v) is 5.36. The number of nitrogens with zero attached hydrogens (tertiary/aromatic N) is 4. The van der Waals surface area contributed by atoms with Crippen molar-refractivity contribution in [1.82, 2.24) is 20.0 Å². The van der Waals surface area contributed by atoms with Crippen LogP contribution >= 0.6 is 11.3 Å². The summed E-state index contributed by atoms with van der Waals surface area (Å²) in [5.41, 5.74) is 0. The van der Waals surface area contributed by atoms with Crippen LogP contribution in [0.2, 0.25) is 0 Å². The van der Waals surface area contributed by atoms with Crippen molar-refractivity contribution in [3.8, 4) is 0 Å². The van der Waals surface area contributed by atoms with Gasteiger partial charge in [-0.15, -0.1) is 10.2 Å². The number of carbonyl (C=O) groups is 1. The van der Waals surface area contributed by atoms with E-state index in [1.165, 1.54) is 38.5 Å². The van der Waals surface area contributed by atoms with Gasteiger partial charge < -0.3 is 4.90 Å². The van der Waals surface area contributed by atoms with Crippen molar-refractivity contribution in [2.24, 2.45) is 5.92 Å². The van der Waals surface area contributed by atoms with Gasteiger partial charge in [0.25, 0.3) is 0 Å². The number of rotatable bonds is 3. The van der Waals surface area contributed by atoms with Crippen LogP contribution in [0.15, 0.2) is 0 Å². The zero-order valence-corrected chi connectivity index (χ0v) is 15.2. The van der Waals surface area contributed by atoms with Crippen LogP contribution in [0.1, 0.15) is 50.0 Å². The van der Waals surface area contributed by atoms with E-state index in [0.717, 1.165) is 36.9 Å². The van der Waals surface area contributed by atoms with Crippen molar-refractivity contribution < 1.29 is 4.79 Å². The molecule has 2 bridgehead atoms. The van der Waals surface area contributed by atoms with Crippen LogP contribution in [0.5, 0.6) is 0 Å². The summed E-state index contributed by atoms with van der Waals surface area (Å²) in [5.74, 6) is 0.762. The molecule has 2 aliphatic heterocycles. The number of likely N-dealkylation sites (N-methyl/N-ethyl adjacent to an activating group) is 1. The summed E-state index contributed by atoms with van der Waals surface area (Å²) in [6.07, 6.45) is 9.88. The first kappa shape index (κ1) is 16.3.